The lowest BCUT2D eigenvalue weighted by Crippen LogP contribution is -1.79. The van der Waals surface area contributed by atoms with Gasteiger partial charge < -0.3 is 0 Å². The predicted octanol–water partition coefficient (Wildman–Crippen LogP) is 2.62. The van der Waals surface area contributed by atoms with Crippen molar-refractivity contribution in [3.8, 4) is 10.4 Å². The van der Waals surface area contributed by atoms with Crippen LogP contribution in [0.3, 0.4) is 0 Å². The van der Waals surface area contributed by atoms with Gasteiger partial charge in [0.15, 0.2) is 0 Å². The van der Waals surface area contributed by atoms with E-state index in [2.05, 4.69) is 4.98 Å². The summed E-state index contributed by atoms with van der Waals surface area (Å²) in [6.07, 6.45) is 2.65. The average molecular weight is 189 g/mol. The Morgan fingerprint density at radius 1 is 1.38 bits per heavy atom. The summed E-state index contributed by atoms with van der Waals surface area (Å²) in [5.41, 5.74) is 3.53. The summed E-state index contributed by atoms with van der Waals surface area (Å²) in [6, 6.07) is 7.50. The van der Waals surface area contributed by atoms with Crippen molar-refractivity contribution >= 4 is 17.6 Å². The van der Waals surface area contributed by atoms with Gasteiger partial charge in [-0.3, -0.25) is 9.78 Å². The van der Waals surface area contributed by atoms with Crippen molar-refractivity contribution in [3.63, 3.8) is 0 Å². The van der Waals surface area contributed by atoms with E-state index in [1.54, 1.807) is 29.1 Å². The smallest absolute Gasteiger partial charge is 0.150 e. The summed E-state index contributed by atoms with van der Waals surface area (Å²) in [6.45, 7) is 0. The number of carbonyl (C=O) groups is 1. The number of aromatic nitrogens is 1. The van der Waals surface area contributed by atoms with Gasteiger partial charge in [-0.1, -0.05) is 18.2 Å². The van der Waals surface area contributed by atoms with Crippen LogP contribution in [0.15, 0.2) is 36.0 Å². The molecule has 0 aliphatic rings. The second kappa shape index (κ2) is 3.49. The van der Waals surface area contributed by atoms with Crippen molar-refractivity contribution < 1.29 is 4.79 Å². The highest BCUT2D eigenvalue weighted by Crippen LogP contribution is 2.23. The first-order valence-corrected chi connectivity index (χ1v) is 4.72. The molecule has 0 radical (unpaired) electrons. The lowest BCUT2D eigenvalue weighted by Gasteiger charge is -1.96. The molecular formula is C10H7NOS. The van der Waals surface area contributed by atoms with Crippen LogP contribution in [0.5, 0.6) is 0 Å². The fourth-order valence-electron chi connectivity index (χ4n) is 1.12. The predicted molar refractivity (Wildman–Crippen MR) is 52.9 cm³/mol. The third kappa shape index (κ3) is 1.65. The van der Waals surface area contributed by atoms with Crippen LogP contribution in [-0.2, 0) is 0 Å². The molecule has 0 aliphatic heterocycles. The highest BCUT2D eigenvalue weighted by Gasteiger charge is 1.99. The molecule has 0 aliphatic carbocycles. The monoisotopic (exact) mass is 189 g/mol. The number of hydrogen-bond donors (Lipinski definition) is 0. The molecule has 2 aromatic rings. The van der Waals surface area contributed by atoms with Crippen LogP contribution in [0.25, 0.3) is 10.4 Å². The van der Waals surface area contributed by atoms with Crippen molar-refractivity contribution in [2.24, 2.45) is 0 Å². The SMILES string of the molecule is O=Cc1cccc(-c2cncs2)c1. The van der Waals surface area contributed by atoms with E-state index in [9.17, 15) is 4.79 Å². The first-order valence-electron chi connectivity index (χ1n) is 3.84. The van der Waals surface area contributed by atoms with Crippen molar-refractivity contribution in [1.82, 2.24) is 4.98 Å². The molecule has 0 fully saturated rings. The van der Waals surface area contributed by atoms with Crippen LogP contribution in [0, 0.1) is 0 Å². The minimum absolute atomic E-state index is 0.700. The summed E-state index contributed by atoms with van der Waals surface area (Å²) < 4.78 is 0. The van der Waals surface area contributed by atoms with Gasteiger partial charge in [-0.25, -0.2) is 0 Å². The van der Waals surface area contributed by atoms with Crippen molar-refractivity contribution in [3.05, 3.63) is 41.5 Å². The molecule has 1 aromatic carbocycles. The van der Waals surface area contributed by atoms with E-state index in [1.807, 2.05) is 18.2 Å². The number of carbonyl (C=O) groups excluding carboxylic acids is 1. The Morgan fingerprint density at radius 3 is 3.00 bits per heavy atom. The first-order chi connectivity index (χ1) is 6.40. The van der Waals surface area contributed by atoms with Crippen molar-refractivity contribution in [2.45, 2.75) is 0 Å². The maximum absolute atomic E-state index is 10.5. The second-order valence-electron chi connectivity index (χ2n) is 2.61. The zero-order chi connectivity index (χ0) is 9.10. The van der Waals surface area contributed by atoms with Gasteiger partial charge in [0.1, 0.15) is 6.29 Å². The zero-order valence-corrected chi connectivity index (χ0v) is 7.62. The van der Waals surface area contributed by atoms with Gasteiger partial charge in [0.05, 0.1) is 10.4 Å². The minimum Gasteiger partial charge on any atom is -0.298 e. The molecule has 64 valence electrons. The van der Waals surface area contributed by atoms with E-state index >= 15 is 0 Å². The number of benzene rings is 1. The maximum atomic E-state index is 10.5. The molecule has 0 unspecified atom stereocenters. The standard InChI is InChI=1S/C10H7NOS/c12-6-8-2-1-3-9(4-8)10-5-11-7-13-10/h1-7H. The molecule has 0 bridgehead atoms. The minimum atomic E-state index is 0.700. The number of thiazole rings is 1. The summed E-state index contributed by atoms with van der Waals surface area (Å²) in [4.78, 5) is 15.6. The molecule has 1 aromatic heterocycles. The van der Waals surface area contributed by atoms with Gasteiger partial charge in [0.25, 0.3) is 0 Å². The van der Waals surface area contributed by atoms with Crippen LogP contribution >= 0.6 is 11.3 Å². The van der Waals surface area contributed by atoms with Gasteiger partial charge >= 0.3 is 0 Å². The normalized spacial score (nSPS) is 9.85. The lowest BCUT2D eigenvalue weighted by atomic mass is 10.1. The fourth-order valence-corrected chi connectivity index (χ4v) is 1.74. The van der Waals surface area contributed by atoms with E-state index in [0.717, 1.165) is 16.7 Å². The zero-order valence-electron chi connectivity index (χ0n) is 6.81. The molecule has 1 heterocycles. The number of aldehydes is 1. The summed E-state index contributed by atoms with van der Waals surface area (Å²) in [7, 11) is 0. The van der Waals surface area contributed by atoms with Crippen LogP contribution in [0.2, 0.25) is 0 Å². The molecule has 0 amide bonds. The number of rotatable bonds is 2. The highest BCUT2D eigenvalue weighted by atomic mass is 32.1. The second-order valence-corrected chi connectivity index (χ2v) is 3.50. The third-order valence-corrected chi connectivity index (χ3v) is 2.56. The molecule has 2 rings (SSSR count). The van der Waals surface area contributed by atoms with E-state index < -0.39 is 0 Å². The van der Waals surface area contributed by atoms with Crippen LogP contribution in [0.1, 0.15) is 10.4 Å². The molecule has 0 saturated heterocycles. The molecule has 0 atom stereocenters. The Hall–Kier alpha value is -1.48. The first kappa shape index (κ1) is 8.13. The van der Waals surface area contributed by atoms with Gasteiger partial charge in [-0.15, -0.1) is 11.3 Å². The summed E-state index contributed by atoms with van der Waals surface area (Å²) in [5.74, 6) is 0. The molecule has 3 heteroatoms. The van der Waals surface area contributed by atoms with Gasteiger partial charge in [-0.05, 0) is 11.6 Å². The third-order valence-electron chi connectivity index (χ3n) is 1.74. The highest BCUT2D eigenvalue weighted by molar-refractivity contribution is 7.13. The molecule has 13 heavy (non-hydrogen) atoms. The topological polar surface area (TPSA) is 30.0 Å². The summed E-state index contributed by atoms with van der Waals surface area (Å²) >= 11 is 1.57. The van der Waals surface area contributed by atoms with Crippen molar-refractivity contribution in [2.75, 3.05) is 0 Å². The Labute approximate surface area is 79.9 Å². The van der Waals surface area contributed by atoms with Gasteiger partial charge in [-0.2, -0.15) is 0 Å². The Kier molecular flexibility index (Phi) is 2.19. The van der Waals surface area contributed by atoms with E-state index in [1.165, 1.54) is 0 Å². The summed E-state index contributed by atoms with van der Waals surface area (Å²) in [5, 5.41) is 0. The fraction of sp³-hybridized carbons (Fsp3) is 0. The Morgan fingerprint density at radius 2 is 2.31 bits per heavy atom. The molecule has 0 spiro atoms. The lowest BCUT2D eigenvalue weighted by molar-refractivity contribution is 0.112. The van der Waals surface area contributed by atoms with Gasteiger partial charge in [0.2, 0.25) is 0 Å². The molecule has 0 N–H and O–H groups in total. The van der Waals surface area contributed by atoms with Crippen LogP contribution < -0.4 is 0 Å². The van der Waals surface area contributed by atoms with Crippen LogP contribution in [-0.4, -0.2) is 11.3 Å². The van der Waals surface area contributed by atoms with E-state index in [-0.39, 0.29) is 0 Å². The number of hydrogen-bond acceptors (Lipinski definition) is 3. The molecule has 2 nitrogen and oxygen atoms in total. The maximum Gasteiger partial charge on any atom is 0.150 e. The van der Waals surface area contributed by atoms with E-state index in [4.69, 9.17) is 0 Å². The average Bonchev–Trinajstić information content (AvgIpc) is 2.71. The quantitative estimate of drug-likeness (QED) is 0.680. The van der Waals surface area contributed by atoms with Crippen LogP contribution in [0.4, 0.5) is 0 Å². The molecule has 0 saturated carbocycles. The Balaban J connectivity index is 2.47. The van der Waals surface area contributed by atoms with Gasteiger partial charge in [0, 0.05) is 11.8 Å². The molecular weight excluding hydrogens is 182 g/mol. The number of nitrogens with zero attached hydrogens (tertiary/aromatic N) is 1. The Bertz CT molecular complexity index is 409. The largest absolute Gasteiger partial charge is 0.298 e. The van der Waals surface area contributed by atoms with E-state index in [0.29, 0.717) is 5.56 Å². The van der Waals surface area contributed by atoms with Crippen molar-refractivity contribution in [1.29, 1.82) is 0 Å².